The van der Waals surface area contributed by atoms with Crippen molar-refractivity contribution in [3.05, 3.63) is 107 Å². The average Bonchev–Trinajstić information content (AvgIpc) is 3.00. The molecule has 3 aromatic rings. The van der Waals surface area contributed by atoms with Crippen LogP contribution in [-0.2, 0) is 11.3 Å². The maximum Gasteiger partial charge on any atom is 0.267 e. The summed E-state index contributed by atoms with van der Waals surface area (Å²) in [7, 11) is 0. The van der Waals surface area contributed by atoms with Crippen molar-refractivity contribution < 1.29 is 4.79 Å². The minimum atomic E-state index is -0.0101. The molecule has 4 rings (SSSR count). The third-order valence-corrected chi connectivity index (χ3v) is 5.43. The van der Waals surface area contributed by atoms with Gasteiger partial charge in [-0.25, -0.2) is 4.99 Å². The summed E-state index contributed by atoms with van der Waals surface area (Å²) in [5, 5.41) is 0.707. The Labute approximate surface area is 169 Å². The van der Waals surface area contributed by atoms with Gasteiger partial charge in [0.15, 0.2) is 5.17 Å². The number of carbonyl (C=O) groups is 1. The van der Waals surface area contributed by atoms with Gasteiger partial charge in [-0.3, -0.25) is 9.69 Å². The predicted octanol–water partition coefficient (Wildman–Crippen LogP) is 5.80. The molecule has 0 bridgehead atoms. The highest BCUT2D eigenvalue weighted by Crippen LogP contribution is 2.35. The quantitative estimate of drug-likeness (QED) is 0.533. The highest BCUT2D eigenvalue weighted by molar-refractivity contribution is 8.18. The molecule has 3 aromatic carbocycles. The SMILES string of the molecule is Cc1ccc(C=C2SC(=Nc3ccccc3)N(Cc3ccccc3)C2=O)cc1. The molecule has 138 valence electrons. The second kappa shape index (κ2) is 8.28. The normalized spacial score (nSPS) is 16.9. The first-order valence-corrected chi connectivity index (χ1v) is 9.96. The monoisotopic (exact) mass is 384 g/mol. The van der Waals surface area contributed by atoms with Gasteiger partial charge in [0, 0.05) is 0 Å². The van der Waals surface area contributed by atoms with E-state index in [9.17, 15) is 4.79 Å². The third kappa shape index (κ3) is 4.24. The number of rotatable bonds is 4. The van der Waals surface area contributed by atoms with E-state index in [0.29, 0.717) is 16.6 Å². The highest BCUT2D eigenvalue weighted by atomic mass is 32.2. The number of para-hydroxylation sites is 1. The van der Waals surface area contributed by atoms with Gasteiger partial charge in [0.25, 0.3) is 5.91 Å². The van der Waals surface area contributed by atoms with Gasteiger partial charge in [-0.15, -0.1) is 0 Å². The Balaban J connectivity index is 1.69. The topological polar surface area (TPSA) is 32.7 Å². The molecule has 3 nitrogen and oxygen atoms in total. The Kier molecular flexibility index (Phi) is 5.40. The summed E-state index contributed by atoms with van der Waals surface area (Å²) in [5.41, 5.74) is 4.13. The maximum absolute atomic E-state index is 13.1. The number of benzene rings is 3. The van der Waals surface area contributed by atoms with Gasteiger partial charge in [0.2, 0.25) is 0 Å². The van der Waals surface area contributed by atoms with E-state index in [-0.39, 0.29) is 5.91 Å². The van der Waals surface area contributed by atoms with Crippen molar-refractivity contribution in [1.29, 1.82) is 0 Å². The fraction of sp³-hybridized carbons (Fsp3) is 0.0833. The Bertz CT molecular complexity index is 1030. The molecule has 1 aliphatic rings. The second-order valence-corrected chi connectivity index (χ2v) is 7.64. The summed E-state index contributed by atoms with van der Waals surface area (Å²) in [5.74, 6) is -0.0101. The van der Waals surface area contributed by atoms with Crippen LogP contribution in [0.4, 0.5) is 5.69 Å². The van der Waals surface area contributed by atoms with E-state index in [1.807, 2.05) is 78.9 Å². The van der Waals surface area contributed by atoms with Gasteiger partial charge in [0.05, 0.1) is 17.1 Å². The zero-order valence-corrected chi connectivity index (χ0v) is 16.4. The van der Waals surface area contributed by atoms with Crippen molar-refractivity contribution in [3.8, 4) is 0 Å². The Morgan fingerprint density at radius 2 is 1.54 bits per heavy atom. The number of amidine groups is 1. The molecule has 28 heavy (non-hydrogen) atoms. The Morgan fingerprint density at radius 1 is 0.893 bits per heavy atom. The van der Waals surface area contributed by atoms with Crippen LogP contribution >= 0.6 is 11.8 Å². The molecule has 1 saturated heterocycles. The summed E-state index contributed by atoms with van der Waals surface area (Å²) in [6.07, 6.45) is 1.94. The second-order valence-electron chi connectivity index (χ2n) is 6.63. The maximum atomic E-state index is 13.1. The van der Waals surface area contributed by atoms with Crippen LogP contribution in [0.5, 0.6) is 0 Å². The van der Waals surface area contributed by atoms with Crippen LogP contribution < -0.4 is 0 Å². The number of nitrogens with zero attached hydrogens (tertiary/aromatic N) is 2. The van der Waals surface area contributed by atoms with Crippen LogP contribution in [0.3, 0.4) is 0 Å². The molecule has 1 aliphatic heterocycles. The molecule has 0 spiro atoms. The first kappa shape index (κ1) is 18.3. The van der Waals surface area contributed by atoms with Crippen LogP contribution in [0.2, 0.25) is 0 Å². The van der Waals surface area contributed by atoms with Crippen molar-refractivity contribution in [1.82, 2.24) is 4.90 Å². The van der Waals surface area contributed by atoms with Crippen molar-refractivity contribution in [2.45, 2.75) is 13.5 Å². The number of carbonyl (C=O) groups excluding carboxylic acids is 1. The zero-order chi connectivity index (χ0) is 19.3. The molecule has 1 heterocycles. The number of amides is 1. The molecule has 0 unspecified atom stereocenters. The lowest BCUT2D eigenvalue weighted by molar-refractivity contribution is -0.122. The average molecular weight is 385 g/mol. The molecule has 0 N–H and O–H groups in total. The minimum Gasteiger partial charge on any atom is -0.282 e. The number of hydrogen-bond acceptors (Lipinski definition) is 3. The lowest BCUT2D eigenvalue weighted by Crippen LogP contribution is -2.28. The van der Waals surface area contributed by atoms with Crippen molar-refractivity contribution in [2.75, 3.05) is 0 Å². The third-order valence-electron chi connectivity index (χ3n) is 4.43. The summed E-state index contributed by atoms with van der Waals surface area (Å²) in [6, 6.07) is 27.9. The fourth-order valence-corrected chi connectivity index (χ4v) is 3.92. The van der Waals surface area contributed by atoms with Crippen LogP contribution in [0, 0.1) is 6.92 Å². The zero-order valence-electron chi connectivity index (χ0n) is 15.6. The Morgan fingerprint density at radius 3 is 2.21 bits per heavy atom. The van der Waals surface area contributed by atoms with Crippen LogP contribution in [0.25, 0.3) is 6.08 Å². The molecule has 0 radical (unpaired) electrons. The van der Waals surface area contributed by atoms with Gasteiger partial charge in [-0.1, -0.05) is 78.4 Å². The smallest absolute Gasteiger partial charge is 0.267 e. The van der Waals surface area contributed by atoms with E-state index in [1.165, 1.54) is 17.3 Å². The van der Waals surface area contributed by atoms with Crippen LogP contribution in [-0.4, -0.2) is 16.0 Å². The number of hydrogen-bond donors (Lipinski definition) is 0. The predicted molar refractivity (Wildman–Crippen MR) is 117 cm³/mol. The molecule has 0 aromatic heterocycles. The van der Waals surface area contributed by atoms with Gasteiger partial charge in [-0.05, 0) is 48.0 Å². The van der Waals surface area contributed by atoms with Gasteiger partial charge in [0.1, 0.15) is 0 Å². The van der Waals surface area contributed by atoms with E-state index < -0.39 is 0 Å². The van der Waals surface area contributed by atoms with Gasteiger partial charge >= 0.3 is 0 Å². The minimum absolute atomic E-state index is 0.0101. The molecule has 0 saturated carbocycles. The number of aliphatic imine (C=N–C) groups is 1. The first-order chi connectivity index (χ1) is 13.7. The first-order valence-electron chi connectivity index (χ1n) is 9.15. The highest BCUT2D eigenvalue weighted by Gasteiger charge is 2.33. The van der Waals surface area contributed by atoms with E-state index in [1.54, 1.807) is 4.90 Å². The van der Waals surface area contributed by atoms with Crippen molar-refractivity contribution in [3.63, 3.8) is 0 Å². The summed E-state index contributed by atoms with van der Waals surface area (Å²) < 4.78 is 0. The molecular weight excluding hydrogens is 364 g/mol. The molecular formula is C24H20N2OS. The standard InChI is InChI=1S/C24H20N2OS/c1-18-12-14-19(15-13-18)16-22-23(27)26(17-20-8-4-2-5-9-20)24(28-22)25-21-10-6-3-7-11-21/h2-16H,17H2,1H3. The van der Waals surface area contributed by atoms with Crippen LogP contribution in [0.1, 0.15) is 16.7 Å². The lowest BCUT2D eigenvalue weighted by atomic mass is 10.1. The van der Waals surface area contributed by atoms with E-state index in [0.717, 1.165) is 16.8 Å². The van der Waals surface area contributed by atoms with E-state index in [4.69, 9.17) is 4.99 Å². The molecule has 0 aliphatic carbocycles. The van der Waals surface area contributed by atoms with Crippen LogP contribution in [0.15, 0.2) is 94.8 Å². The number of aryl methyl sites for hydroxylation is 1. The number of thioether (sulfide) groups is 1. The summed E-state index contributed by atoms with van der Waals surface area (Å²) in [4.78, 5) is 20.3. The largest absolute Gasteiger partial charge is 0.282 e. The van der Waals surface area contributed by atoms with Crippen molar-refractivity contribution >= 4 is 34.6 Å². The van der Waals surface area contributed by atoms with Crippen molar-refractivity contribution in [2.24, 2.45) is 4.99 Å². The molecule has 1 amide bonds. The lowest BCUT2D eigenvalue weighted by Gasteiger charge is -2.15. The molecule has 4 heteroatoms. The molecule has 1 fully saturated rings. The van der Waals surface area contributed by atoms with E-state index in [2.05, 4.69) is 19.1 Å². The Hall–Kier alpha value is -3.11. The van der Waals surface area contributed by atoms with E-state index >= 15 is 0 Å². The summed E-state index contributed by atoms with van der Waals surface area (Å²) >= 11 is 1.43. The van der Waals surface area contributed by atoms with Gasteiger partial charge < -0.3 is 0 Å². The summed E-state index contributed by atoms with van der Waals surface area (Å²) in [6.45, 7) is 2.56. The fourth-order valence-electron chi connectivity index (χ4n) is 2.92. The molecule has 0 atom stereocenters. The van der Waals surface area contributed by atoms with Gasteiger partial charge in [-0.2, -0.15) is 0 Å².